The summed E-state index contributed by atoms with van der Waals surface area (Å²) in [6, 6.07) is 9.13. The number of hydrogen-bond acceptors (Lipinski definition) is 4. The number of nitrogens with one attached hydrogen (secondary N) is 1. The summed E-state index contributed by atoms with van der Waals surface area (Å²) < 4.78 is 0. The zero-order valence-corrected chi connectivity index (χ0v) is 14.8. The van der Waals surface area contributed by atoms with Crippen LogP contribution in [0.1, 0.15) is 47.3 Å². The van der Waals surface area contributed by atoms with E-state index in [2.05, 4.69) is 22.0 Å². The summed E-state index contributed by atoms with van der Waals surface area (Å²) in [5.41, 5.74) is 3.50. The van der Waals surface area contributed by atoms with Crippen molar-refractivity contribution in [1.29, 1.82) is 0 Å². The van der Waals surface area contributed by atoms with Crippen molar-refractivity contribution < 1.29 is 9.90 Å². The molecule has 1 aromatic carbocycles. The third-order valence-corrected chi connectivity index (χ3v) is 5.22. The maximum Gasteiger partial charge on any atom is 0.336 e. The number of benzene rings is 1. The van der Waals surface area contributed by atoms with Crippen molar-refractivity contribution in [2.75, 3.05) is 18.0 Å². The van der Waals surface area contributed by atoms with E-state index in [4.69, 9.17) is 4.98 Å². The maximum absolute atomic E-state index is 11.7. The first-order valence-corrected chi connectivity index (χ1v) is 9.07. The largest absolute Gasteiger partial charge is 0.478 e. The number of aromatic amines is 1. The average Bonchev–Trinajstić information content (AvgIpc) is 3.16. The highest BCUT2D eigenvalue weighted by molar-refractivity contribution is 6.03. The molecule has 6 heteroatoms. The standard InChI is InChI=1S/C20H22N4O2/c1-2-13-11-21-23-19(13)14-6-5-9-24(12-14)18-10-16(20(25)26)15-7-3-4-8-17(15)22-18/h3-4,7-8,10-11,14H,2,5-6,9,12H2,1H3,(H,21,23)(H,25,26)/t14-/m0/s1. The predicted octanol–water partition coefficient (Wildman–Crippen LogP) is 3.60. The van der Waals surface area contributed by atoms with Crippen LogP contribution in [0.2, 0.25) is 0 Å². The fraction of sp³-hybridized carbons (Fsp3) is 0.350. The van der Waals surface area contributed by atoms with Gasteiger partial charge in [-0.25, -0.2) is 9.78 Å². The molecule has 0 saturated carbocycles. The minimum absolute atomic E-state index is 0.309. The smallest absolute Gasteiger partial charge is 0.336 e. The van der Waals surface area contributed by atoms with Gasteiger partial charge in [0.1, 0.15) is 5.82 Å². The number of pyridine rings is 1. The average molecular weight is 350 g/mol. The zero-order chi connectivity index (χ0) is 18.1. The summed E-state index contributed by atoms with van der Waals surface area (Å²) >= 11 is 0. The van der Waals surface area contributed by atoms with Gasteiger partial charge in [-0.05, 0) is 37.0 Å². The number of nitrogens with zero attached hydrogens (tertiary/aromatic N) is 3. The van der Waals surface area contributed by atoms with Gasteiger partial charge in [-0.3, -0.25) is 5.10 Å². The minimum atomic E-state index is -0.916. The lowest BCUT2D eigenvalue weighted by atomic mass is 9.92. The van der Waals surface area contributed by atoms with Crippen molar-refractivity contribution in [3.8, 4) is 0 Å². The monoisotopic (exact) mass is 350 g/mol. The van der Waals surface area contributed by atoms with E-state index in [0.29, 0.717) is 16.9 Å². The highest BCUT2D eigenvalue weighted by Crippen LogP contribution is 2.31. The molecule has 0 radical (unpaired) electrons. The van der Waals surface area contributed by atoms with Crippen LogP contribution < -0.4 is 4.90 Å². The summed E-state index contributed by atoms with van der Waals surface area (Å²) in [5.74, 6) is 0.186. The van der Waals surface area contributed by atoms with Gasteiger partial charge in [-0.2, -0.15) is 5.10 Å². The molecule has 134 valence electrons. The molecule has 1 aliphatic rings. The van der Waals surface area contributed by atoms with Crippen molar-refractivity contribution in [3.63, 3.8) is 0 Å². The number of aromatic carboxylic acids is 1. The molecular weight excluding hydrogens is 328 g/mol. The van der Waals surface area contributed by atoms with Crippen LogP contribution in [0.5, 0.6) is 0 Å². The molecule has 26 heavy (non-hydrogen) atoms. The van der Waals surface area contributed by atoms with Gasteiger partial charge in [0.05, 0.1) is 17.3 Å². The summed E-state index contributed by atoms with van der Waals surface area (Å²) in [7, 11) is 0. The first kappa shape index (κ1) is 16.6. The third-order valence-electron chi connectivity index (χ3n) is 5.22. The highest BCUT2D eigenvalue weighted by Gasteiger charge is 2.26. The molecule has 0 bridgehead atoms. The van der Waals surface area contributed by atoms with Gasteiger partial charge in [0.25, 0.3) is 0 Å². The van der Waals surface area contributed by atoms with Crippen LogP contribution in [-0.4, -0.2) is 39.3 Å². The Hall–Kier alpha value is -2.89. The second-order valence-corrected chi connectivity index (χ2v) is 6.80. The fourth-order valence-electron chi connectivity index (χ4n) is 3.88. The summed E-state index contributed by atoms with van der Waals surface area (Å²) in [4.78, 5) is 18.7. The van der Waals surface area contributed by atoms with Crippen LogP contribution in [0.25, 0.3) is 10.9 Å². The Kier molecular flexibility index (Phi) is 4.32. The summed E-state index contributed by atoms with van der Waals surface area (Å²) in [5, 5.41) is 17.7. The van der Waals surface area contributed by atoms with Gasteiger partial charge < -0.3 is 10.0 Å². The number of rotatable bonds is 4. The normalized spacial score (nSPS) is 17.6. The number of carboxylic acids is 1. The van der Waals surface area contributed by atoms with Crippen molar-refractivity contribution >= 4 is 22.7 Å². The van der Waals surface area contributed by atoms with Gasteiger partial charge in [0, 0.05) is 30.1 Å². The number of anilines is 1. The quantitative estimate of drug-likeness (QED) is 0.751. The highest BCUT2D eigenvalue weighted by atomic mass is 16.4. The molecule has 4 rings (SSSR count). The molecule has 6 nitrogen and oxygen atoms in total. The zero-order valence-electron chi connectivity index (χ0n) is 14.8. The van der Waals surface area contributed by atoms with Crippen LogP contribution in [0.4, 0.5) is 5.82 Å². The van der Waals surface area contributed by atoms with Crippen molar-refractivity contribution in [2.45, 2.75) is 32.1 Å². The predicted molar refractivity (Wildman–Crippen MR) is 101 cm³/mol. The van der Waals surface area contributed by atoms with E-state index in [9.17, 15) is 9.90 Å². The Balaban J connectivity index is 1.70. The first-order chi connectivity index (χ1) is 12.7. The number of carbonyl (C=O) groups is 1. The van der Waals surface area contributed by atoms with Crippen LogP contribution >= 0.6 is 0 Å². The second kappa shape index (κ2) is 6.78. The van der Waals surface area contributed by atoms with E-state index >= 15 is 0 Å². The summed E-state index contributed by atoms with van der Waals surface area (Å²) in [6.07, 6.45) is 5.01. The lowest BCUT2D eigenvalue weighted by Gasteiger charge is -2.33. The first-order valence-electron chi connectivity index (χ1n) is 9.07. The topological polar surface area (TPSA) is 82.1 Å². The molecule has 3 aromatic rings. The molecule has 3 heterocycles. The Bertz CT molecular complexity index is 950. The SMILES string of the molecule is CCc1cn[nH]c1[C@H]1CCCN(c2cc(C(=O)O)c3ccccc3n2)C1. The number of H-pyrrole nitrogens is 1. The number of carboxylic acid groups (broad SMARTS) is 1. The third kappa shape index (κ3) is 2.92. The number of piperidine rings is 1. The Morgan fingerprint density at radius 2 is 2.23 bits per heavy atom. The van der Waals surface area contributed by atoms with Crippen LogP contribution in [0.15, 0.2) is 36.5 Å². The van der Waals surface area contributed by atoms with E-state index < -0.39 is 5.97 Å². The molecule has 1 saturated heterocycles. The van der Waals surface area contributed by atoms with Gasteiger partial charge in [0.15, 0.2) is 0 Å². The Labute approximate surface area is 151 Å². The Morgan fingerprint density at radius 1 is 1.38 bits per heavy atom. The summed E-state index contributed by atoms with van der Waals surface area (Å²) in [6.45, 7) is 3.84. The molecule has 0 amide bonds. The lowest BCUT2D eigenvalue weighted by molar-refractivity contribution is 0.0699. The molecular formula is C20H22N4O2. The molecule has 2 N–H and O–H groups in total. The van der Waals surface area contributed by atoms with Crippen LogP contribution in [0.3, 0.4) is 0 Å². The Morgan fingerprint density at radius 3 is 3.04 bits per heavy atom. The molecule has 1 aliphatic heterocycles. The minimum Gasteiger partial charge on any atom is -0.478 e. The van der Waals surface area contributed by atoms with Crippen LogP contribution in [0, 0.1) is 0 Å². The molecule has 2 aromatic heterocycles. The molecule has 0 spiro atoms. The molecule has 0 aliphatic carbocycles. The number of aryl methyl sites for hydroxylation is 1. The number of para-hydroxylation sites is 1. The number of hydrogen-bond donors (Lipinski definition) is 2. The van der Waals surface area contributed by atoms with Gasteiger partial charge in [0.2, 0.25) is 0 Å². The van der Waals surface area contributed by atoms with E-state index in [0.717, 1.165) is 43.7 Å². The van der Waals surface area contributed by atoms with E-state index in [-0.39, 0.29) is 0 Å². The second-order valence-electron chi connectivity index (χ2n) is 6.80. The van der Waals surface area contributed by atoms with E-state index in [1.807, 2.05) is 30.5 Å². The number of fused-ring (bicyclic) bond motifs is 1. The van der Waals surface area contributed by atoms with Gasteiger partial charge >= 0.3 is 5.97 Å². The maximum atomic E-state index is 11.7. The van der Waals surface area contributed by atoms with Crippen molar-refractivity contribution in [2.24, 2.45) is 0 Å². The lowest BCUT2D eigenvalue weighted by Crippen LogP contribution is -2.35. The van der Waals surface area contributed by atoms with Crippen molar-refractivity contribution in [1.82, 2.24) is 15.2 Å². The van der Waals surface area contributed by atoms with Crippen molar-refractivity contribution in [3.05, 3.63) is 53.3 Å². The molecule has 0 unspecified atom stereocenters. The molecule has 1 fully saturated rings. The van der Waals surface area contributed by atoms with Gasteiger partial charge in [-0.15, -0.1) is 0 Å². The van der Waals surface area contributed by atoms with E-state index in [1.165, 1.54) is 11.3 Å². The number of aromatic nitrogens is 3. The van der Waals surface area contributed by atoms with E-state index in [1.54, 1.807) is 6.07 Å². The van der Waals surface area contributed by atoms with Crippen LogP contribution in [-0.2, 0) is 6.42 Å². The molecule has 1 atom stereocenters. The fourth-order valence-corrected chi connectivity index (χ4v) is 3.88. The van der Waals surface area contributed by atoms with Gasteiger partial charge in [-0.1, -0.05) is 25.1 Å².